The van der Waals surface area contributed by atoms with E-state index in [9.17, 15) is 0 Å². The molecule has 2 rings (SSSR count). The van der Waals surface area contributed by atoms with Crippen LogP contribution in [-0.4, -0.2) is 24.5 Å². The van der Waals surface area contributed by atoms with Crippen molar-refractivity contribution in [1.82, 2.24) is 15.6 Å². The van der Waals surface area contributed by atoms with Gasteiger partial charge in [0.15, 0.2) is 5.96 Å². The monoisotopic (exact) mass is 316 g/mol. The van der Waals surface area contributed by atoms with Crippen molar-refractivity contribution in [2.45, 2.75) is 19.9 Å². The molecular weight excluding hydrogens is 296 g/mol. The second-order valence-corrected chi connectivity index (χ2v) is 5.47. The largest absolute Gasteiger partial charge is 0.356 e. The highest BCUT2D eigenvalue weighted by molar-refractivity contribution is 6.29. The maximum Gasteiger partial charge on any atom is 0.191 e. The fourth-order valence-electron chi connectivity index (χ4n) is 2.11. The number of aryl methyl sites for hydroxylation is 1. The van der Waals surface area contributed by atoms with E-state index in [0.29, 0.717) is 5.15 Å². The van der Waals surface area contributed by atoms with Crippen LogP contribution in [0.2, 0.25) is 5.15 Å². The number of pyridine rings is 1. The molecule has 2 aromatic rings. The van der Waals surface area contributed by atoms with Crippen molar-refractivity contribution < 1.29 is 0 Å². The van der Waals surface area contributed by atoms with E-state index in [1.807, 2.05) is 12.1 Å². The lowest BCUT2D eigenvalue weighted by molar-refractivity contribution is 0.793. The van der Waals surface area contributed by atoms with Gasteiger partial charge in [0.2, 0.25) is 0 Å². The molecule has 1 aromatic carbocycles. The van der Waals surface area contributed by atoms with Gasteiger partial charge in [0.25, 0.3) is 0 Å². The first-order chi connectivity index (χ1) is 10.7. The fourth-order valence-corrected chi connectivity index (χ4v) is 2.22. The van der Waals surface area contributed by atoms with Crippen molar-refractivity contribution in [2.24, 2.45) is 4.99 Å². The van der Waals surface area contributed by atoms with Gasteiger partial charge in [-0.25, -0.2) is 4.98 Å². The minimum absolute atomic E-state index is 0.521. The molecule has 0 atom stereocenters. The summed E-state index contributed by atoms with van der Waals surface area (Å²) in [6.45, 7) is 3.64. The number of halogens is 1. The quantitative estimate of drug-likeness (QED) is 0.506. The number of rotatable bonds is 5. The number of benzene rings is 1. The molecule has 0 aliphatic heterocycles. The molecule has 2 N–H and O–H groups in total. The van der Waals surface area contributed by atoms with Crippen molar-refractivity contribution >= 4 is 17.6 Å². The predicted octanol–water partition coefficient (Wildman–Crippen LogP) is 2.95. The van der Waals surface area contributed by atoms with E-state index in [2.05, 4.69) is 51.8 Å². The number of nitrogens with zero attached hydrogens (tertiary/aromatic N) is 2. The van der Waals surface area contributed by atoms with Crippen molar-refractivity contribution in [3.63, 3.8) is 0 Å². The van der Waals surface area contributed by atoms with E-state index in [0.717, 1.165) is 31.0 Å². The lowest BCUT2D eigenvalue weighted by atomic mass is 10.1. The van der Waals surface area contributed by atoms with Crippen molar-refractivity contribution in [3.8, 4) is 0 Å². The Morgan fingerprint density at radius 1 is 1.18 bits per heavy atom. The first-order valence-electron chi connectivity index (χ1n) is 7.28. The van der Waals surface area contributed by atoms with Gasteiger partial charge >= 0.3 is 0 Å². The summed E-state index contributed by atoms with van der Waals surface area (Å²) in [7, 11) is 1.77. The molecule has 0 unspecified atom stereocenters. The average molecular weight is 317 g/mol. The van der Waals surface area contributed by atoms with Gasteiger partial charge in [0, 0.05) is 26.3 Å². The van der Waals surface area contributed by atoms with Crippen LogP contribution in [0.5, 0.6) is 0 Å². The molecule has 1 heterocycles. The highest BCUT2D eigenvalue weighted by Crippen LogP contribution is 2.05. The second-order valence-electron chi connectivity index (χ2n) is 5.08. The smallest absolute Gasteiger partial charge is 0.191 e. The molecule has 0 bridgehead atoms. The Kier molecular flexibility index (Phi) is 6.22. The van der Waals surface area contributed by atoms with Crippen LogP contribution in [0.3, 0.4) is 0 Å². The van der Waals surface area contributed by atoms with Gasteiger partial charge in [-0.15, -0.1) is 0 Å². The summed E-state index contributed by atoms with van der Waals surface area (Å²) in [5.41, 5.74) is 3.65. The van der Waals surface area contributed by atoms with E-state index >= 15 is 0 Å². The second kappa shape index (κ2) is 8.39. The molecule has 22 heavy (non-hydrogen) atoms. The van der Waals surface area contributed by atoms with Gasteiger partial charge < -0.3 is 10.6 Å². The van der Waals surface area contributed by atoms with E-state index < -0.39 is 0 Å². The van der Waals surface area contributed by atoms with Crippen molar-refractivity contribution in [1.29, 1.82) is 0 Å². The van der Waals surface area contributed by atoms with Crippen LogP contribution in [0.1, 0.15) is 16.7 Å². The molecule has 0 radical (unpaired) electrons. The number of aromatic nitrogens is 1. The molecule has 116 valence electrons. The van der Waals surface area contributed by atoms with E-state index in [1.165, 1.54) is 11.1 Å². The van der Waals surface area contributed by atoms with Crippen LogP contribution >= 0.6 is 11.6 Å². The topological polar surface area (TPSA) is 49.3 Å². The standard InChI is InChI=1S/C17H21ClN4/c1-13-4-3-5-15(10-13)12-22-17(19-2)20-9-8-14-6-7-16(18)21-11-14/h3-7,10-11H,8-9,12H2,1-2H3,(H2,19,20,22). The first-order valence-corrected chi connectivity index (χ1v) is 7.65. The summed E-state index contributed by atoms with van der Waals surface area (Å²) in [6.07, 6.45) is 2.67. The summed E-state index contributed by atoms with van der Waals surface area (Å²) in [6, 6.07) is 12.2. The Balaban J connectivity index is 1.76. The third kappa shape index (κ3) is 5.37. The molecule has 0 spiro atoms. The normalized spacial score (nSPS) is 11.3. The molecule has 0 fully saturated rings. The zero-order valence-electron chi connectivity index (χ0n) is 12.9. The van der Waals surface area contributed by atoms with E-state index in [1.54, 1.807) is 13.2 Å². The van der Waals surface area contributed by atoms with Gasteiger partial charge in [-0.2, -0.15) is 0 Å². The van der Waals surface area contributed by atoms with Crippen LogP contribution < -0.4 is 10.6 Å². The lowest BCUT2D eigenvalue weighted by Gasteiger charge is -2.12. The Morgan fingerprint density at radius 2 is 2.05 bits per heavy atom. The highest BCUT2D eigenvalue weighted by atomic mass is 35.5. The van der Waals surface area contributed by atoms with Crippen LogP contribution in [0.4, 0.5) is 0 Å². The van der Waals surface area contributed by atoms with Crippen LogP contribution in [0.15, 0.2) is 47.6 Å². The molecule has 0 aliphatic rings. The minimum Gasteiger partial charge on any atom is -0.356 e. The van der Waals surface area contributed by atoms with Crippen LogP contribution in [0.25, 0.3) is 0 Å². The van der Waals surface area contributed by atoms with Gasteiger partial charge in [-0.3, -0.25) is 4.99 Å². The molecule has 5 heteroatoms. The summed E-state index contributed by atoms with van der Waals surface area (Å²) in [4.78, 5) is 8.30. The number of hydrogen-bond acceptors (Lipinski definition) is 2. The molecule has 0 amide bonds. The highest BCUT2D eigenvalue weighted by Gasteiger charge is 1.99. The summed E-state index contributed by atoms with van der Waals surface area (Å²) >= 11 is 5.77. The van der Waals surface area contributed by atoms with E-state index in [4.69, 9.17) is 11.6 Å². The fraction of sp³-hybridized carbons (Fsp3) is 0.294. The Labute approximate surface area is 136 Å². The summed E-state index contributed by atoms with van der Waals surface area (Å²) in [5, 5.41) is 7.13. The molecule has 0 aliphatic carbocycles. The first kappa shape index (κ1) is 16.3. The zero-order chi connectivity index (χ0) is 15.8. The third-order valence-corrected chi connectivity index (χ3v) is 3.48. The lowest BCUT2D eigenvalue weighted by Crippen LogP contribution is -2.37. The number of guanidine groups is 1. The Bertz CT molecular complexity index is 623. The van der Waals surface area contributed by atoms with Gasteiger partial charge in [0.05, 0.1) is 0 Å². The maximum atomic E-state index is 5.77. The molecule has 4 nitrogen and oxygen atoms in total. The van der Waals surface area contributed by atoms with Crippen LogP contribution in [0, 0.1) is 6.92 Å². The van der Waals surface area contributed by atoms with Gasteiger partial charge in [-0.05, 0) is 30.5 Å². The number of aliphatic imine (C=N–C) groups is 1. The minimum atomic E-state index is 0.521. The van der Waals surface area contributed by atoms with Crippen molar-refractivity contribution in [2.75, 3.05) is 13.6 Å². The molecule has 0 saturated heterocycles. The summed E-state index contributed by atoms with van der Waals surface area (Å²) in [5.74, 6) is 0.795. The predicted molar refractivity (Wildman–Crippen MR) is 92.3 cm³/mol. The average Bonchev–Trinajstić information content (AvgIpc) is 2.52. The number of hydrogen-bond donors (Lipinski definition) is 2. The number of nitrogens with one attached hydrogen (secondary N) is 2. The van der Waals surface area contributed by atoms with Gasteiger partial charge in [0.1, 0.15) is 5.15 Å². The molecule has 1 aromatic heterocycles. The Hall–Kier alpha value is -2.07. The summed E-state index contributed by atoms with van der Waals surface area (Å²) < 4.78 is 0. The maximum absolute atomic E-state index is 5.77. The van der Waals surface area contributed by atoms with E-state index in [-0.39, 0.29) is 0 Å². The third-order valence-electron chi connectivity index (χ3n) is 3.26. The zero-order valence-corrected chi connectivity index (χ0v) is 13.7. The SMILES string of the molecule is CN=C(NCCc1ccc(Cl)nc1)NCc1cccc(C)c1. The molecule has 0 saturated carbocycles. The Morgan fingerprint density at radius 3 is 2.73 bits per heavy atom. The van der Waals surface area contributed by atoms with Crippen molar-refractivity contribution in [3.05, 3.63) is 64.4 Å². The van der Waals surface area contributed by atoms with Crippen LogP contribution in [-0.2, 0) is 13.0 Å². The van der Waals surface area contributed by atoms with Gasteiger partial charge in [-0.1, -0.05) is 47.5 Å². The molecular formula is C17H21ClN4.